The molecule has 0 spiro atoms. The fourth-order valence-corrected chi connectivity index (χ4v) is 6.93. The van der Waals surface area contributed by atoms with Crippen molar-refractivity contribution in [3.8, 4) is 11.5 Å². The first kappa shape index (κ1) is 32.4. The van der Waals surface area contributed by atoms with Gasteiger partial charge in [0.1, 0.15) is 12.6 Å². The van der Waals surface area contributed by atoms with Crippen molar-refractivity contribution >= 4 is 50.7 Å². The van der Waals surface area contributed by atoms with Crippen LogP contribution in [0.15, 0.2) is 71.6 Å². The third-order valence-electron chi connectivity index (χ3n) is 7.49. The van der Waals surface area contributed by atoms with Gasteiger partial charge in [-0.3, -0.25) is 13.9 Å². The van der Waals surface area contributed by atoms with E-state index in [1.165, 1.54) is 43.4 Å². The van der Waals surface area contributed by atoms with Crippen LogP contribution < -0.4 is 19.1 Å². The summed E-state index contributed by atoms with van der Waals surface area (Å²) in [5.74, 6) is -0.246. The zero-order valence-electron chi connectivity index (χ0n) is 24.3. The van der Waals surface area contributed by atoms with E-state index in [2.05, 4.69) is 5.32 Å². The van der Waals surface area contributed by atoms with Crippen molar-refractivity contribution in [2.24, 2.45) is 0 Å². The fraction of sp³-hybridized carbons (Fsp3) is 0.355. The van der Waals surface area contributed by atoms with E-state index in [4.69, 9.17) is 32.7 Å². The third-order valence-corrected chi connectivity index (χ3v) is 9.86. The average molecular weight is 649 g/mol. The molecular weight excluding hydrogens is 613 g/mol. The molecule has 1 N–H and O–H groups in total. The van der Waals surface area contributed by atoms with Crippen molar-refractivity contribution < 1.29 is 27.5 Å². The van der Waals surface area contributed by atoms with Crippen LogP contribution in [-0.2, 0) is 26.2 Å². The van der Waals surface area contributed by atoms with Gasteiger partial charge in [0.05, 0.1) is 24.8 Å². The molecule has 0 bridgehead atoms. The van der Waals surface area contributed by atoms with Crippen LogP contribution in [0, 0.1) is 0 Å². The molecule has 1 atom stereocenters. The van der Waals surface area contributed by atoms with Crippen molar-refractivity contribution in [2.75, 3.05) is 25.1 Å². The molecule has 1 fully saturated rings. The van der Waals surface area contributed by atoms with Crippen LogP contribution in [0.5, 0.6) is 11.5 Å². The Balaban J connectivity index is 1.74. The van der Waals surface area contributed by atoms with Crippen molar-refractivity contribution in [3.63, 3.8) is 0 Å². The number of hydrogen-bond donors (Lipinski definition) is 1. The molecule has 2 amide bonds. The Hall–Kier alpha value is -3.47. The number of halogens is 2. The first-order valence-corrected chi connectivity index (χ1v) is 16.1. The number of nitrogens with one attached hydrogen (secondary N) is 1. The summed E-state index contributed by atoms with van der Waals surface area (Å²) in [4.78, 5) is 28.9. The van der Waals surface area contributed by atoms with Crippen molar-refractivity contribution in [3.05, 3.63) is 82.3 Å². The number of nitrogens with zero attached hydrogens (tertiary/aromatic N) is 2. The largest absolute Gasteiger partial charge is 0.493 e. The number of methoxy groups -OCH3 is 2. The standard InChI is InChI=1S/C31H35Cl2N3O6S/c1-21(31(38)34-24-9-7-8-10-24)35(19-22-13-14-23(32)17-27(22)33)30(37)20-36(43(39,40)26-11-5-4-6-12-26)25-15-16-28(41-2)29(18-25)42-3/h4-6,11-18,21,24H,7-10,19-20H2,1-3H3,(H,34,38). The SMILES string of the molecule is COc1ccc(N(CC(=O)N(Cc2ccc(Cl)cc2Cl)C(C)C(=O)NC2CCCC2)S(=O)(=O)c2ccccc2)cc1OC. The Labute approximate surface area is 262 Å². The van der Waals surface area contributed by atoms with E-state index in [-0.39, 0.29) is 34.8 Å². The van der Waals surface area contributed by atoms with E-state index < -0.39 is 28.5 Å². The highest BCUT2D eigenvalue weighted by atomic mass is 35.5. The van der Waals surface area contributed by atoms with Gasteiger partial charge in [-0.2, -0.15) is 0 Å². The van der Waals surface area contributed by atoms with Crippen molar-refractivity contribution in [1.29, 1.82) is 0 Å². The molecule has 1 saturated carbocycles. The summed E-state index contributed by atoms with van der Waals surface area (Å²) in [5, 5.41) is 3.79. The van der Waals surface area contributed by atoms with Gasteiger partial charge in [-0.25, -0.2) is 8.42 Å². The minimum Gasteiger partial charge on any atom is -0.493 e. The highest BCUT2D eigenvalue weighted by molar-refractivity contribution is 7.92. The van der Waals surface area contributed by atoms with Gasteiger partial charge in [0.15, 0.2) is 11.5 Å². The summed E-state index contributed by atoms with van der Waals surface area (Å²) < 4.78 is 39.7. The molecule has 3 aromatic rings. The Morgan fingerprint density at radius 3 is 2.26 bits per heavy atom. The minimum atomic E-state index is -4.23. The molecule has 1 aliphatic carbocycles. The second kappa shape index (κ2) is 14.3. The van der Waals surface area contributed by atoms with Crippen molar-refractivity contribution in [1.82, 2.24) is 10.2 Å². The highest BCUT2D eigenvalue weighted by Crippen LogP contribution is 2.34. The molecule has 12 heteroatoms. The van der Waals surface area contributed by atoms with E-state index in [1.54, 1.807) is 49.4 Å². The van der Waals surface area contributed by atoms with Crippen LogP contribution in [0.4, 0.5) is 5.69 Å². The minimum absolute atomic E-state index is 0.00287. The van der Waals surface area contributed by atoms with E-state index in [0.29, 0.717) is 21.4 Å². The normalized spacial score (nSPS) is 14.2. The number of anilines is 1. The van der Waals surface area contributed by atoms with Crippen LogP contribution in [0.3, 0.4) is 0 Å². The lowest BCUT2D eigenvalue weighted by Crippen LogP contribution is -2.52. The molecule has 43 heavy (non-hydrogen) atoms. The molecule has 230 valence electrons. The summed E-state index contributed by atoms with van der Waals surface area (Å²) in [6.07, 6.45) is 3.80. The van der Waals surface area contributed by atoms with Crippen LogP contribution >= 0.6 is 23.2 Å². The second-order valence-corrected chi connectivity index (χ2v) is 13.0. The van der Waals surface area contributed by atoms with Crippen LogP contribution in [0.2, 0.25) is 10.0 Å². The molecular formula is C31H35Cl2N3O6S. The Morgan fingerprint density at radius 2 is 1.63 bits per heavy atom. The number of amides is 2. The number of sulfonamides is 1. The van der Waals surface area contributed by atoms with Crippen LogP contribution in [0.25, 0.3) is 0 Å². The average Bonchev–Trinajstić information content (AvgIpc) is 3.52. The summed E-state index contributed by atoms with van der Waals surface area (Å²) >= 11 is 12.6. The molecule has 0 aromatic heterocycles. The summed E-state index contributed by atoms with van der Waals surface area (Å²) in [7, 11) is -1.33. The number of carbonyl (C=O) groups is 2. The summed E-state index contributed by atoms with van der Waals surface area (Å²) in [6.45, 7) is 0.983. The van der Waals surface area contributed by atoms with Crippen LogP contribution in [0.1, 0.15) is 38.2 Å². The van der Waals surface area contributed by atoms with E-state index >= 15 is 0 Å². The summed E-state index contributed by atoms with van der Waals surface area (Å²) in [5.41, 5.74) is 0.742. The Bertz CT molecular complexity index is 1550. The number of carbonyl (C=O) groups excluding carboxylic acids is 2. The first-order valence-electron chi connectivity index (χ1n) is 13.9. The molecule has 1 aliphatic rings. The van der Waals surface area contributed by atoms with Gasteiger partial charge in [-0.05, 0) is 61.7 Å². The molecule has 0 radical (unpaired) electrons. The van der Waals surface area contributed by atoms with Gasteiger partial charge in [0.25, 0.3) is 10.0 Å². The Kier molecular flexibility index (Phi) is 10.8. The predicted molar refractivity (Wildman–Crippen MR) is 167 cm³/mol. The van der Waals surface area contributed by atoms with E-state index in [9.17, 15) is 18.0 Å². The lowest BCUT2D eigenvalue weighted by molar-refractivity contribution is -0.139. The summed E-state index contributed by atoms with van der Waals surface area (Å²) in [6, 6.07) is 16.4. The highest BCUT2D eigenvalue weighted by Gasteiger charge is 2.34. The van der Waals surface area contributed by atoms with Gasteiger partial charge >= 0.3 is 0 Å². The van der Waals surface area contributed by atoms with Crippen LogP contribution in [-0.4, -0.2) is 58.0 Å². The maximum Gasteiger partial charge on any atom is 0.264 e. The van der Waals surface area contributed by atoms with Crippen molar-refractivity contribution in [2.45, 2.75) is 56.1 Å². The number of rotatable bonds is 12. The molecule has 3 aromatic carbocycles. The monoisotopic (exact) mass is 647 g/mol. The zero-order chi connectivity index (χ0) is 31.1. The maximum absolute atomic E-state index is 14.2. The number of benzene rings is 3. The Morgan fingerprint density at radius 1 is 0.953 bits per heavy atom. The lowest BCUT2D eigenvalue weighted by Gasteiger charge is -2.32. The van der Waals surface area contributed by atoms with E-state index in [1.807, 2.05) is 0 Å². The maximum atomic E-state index is 14.2. The zero-order valence-corrected chi connectivity index (χ0v) is 26.6. The fourth-order valence-electron chi connectivity index (χ4n) is 5.04. The smallest absolute Gasteiger partial charge is 0.264 e. The quantitative estimate of drug-likeness (QED) is 0.271. The molecule has 1 unspecified atom stereocenters. The van der Waals surface area contributed by atoms with Gasteiger partial charge in [-0.1, -0.05) is 60.3 Å². The van der Waals surface area contributed by atoms with Gasteiger partial charge in [0.2, 0.25) is 11.8 Å². The topological polar surface area (TPSA) is 105 Å². The van der Waals surface area contributed by atoms with E-state index in [0.717, 1.165) is 30.0 Å². The number of ether oxygens (including phenoxy) is 2. The number of hydrogen-bond acceptors (Lipinski definition) is 6. The van der Waals surface area contributed by atoms with Gasteiger partial charge < -0.3 is 19.7 Å². The first-order chi connectivity index (χ1) is 20.5. The van der Waals surface area contributed by atoms with Gasteiger partial charge in [-0.15, -0.1) is 0 Å². The lowest BCUT2D eigenvalue weighted by atomic mass is 10.1. The molecule has 9 nitrogen and oxygen atoms in total. The second-order valence-electron chi connectivity index (χ2n) is 10.3. The van der Waals surface area contributed by atoms with Gasteiger partial charge in [0, 0.05) is 28.7 Å². The molecule has 0 heterocycles. The third kappa shape index (κ3) is 7.74. The predicted octanol–water partition coefficient (Wildman–Crippen LogP) is 5.68. The molecule has 0 saturated heterocycles. The molecule has 4 rings (SSSR count). The molecule has 0 aliphatic heterocycles.